The van der Waals surface area contributed by atoms with E-state index in [1.54, 1.807) is 51.7 Å². The van der Waals surface area contributed by atoms with Gasteiger partial charge in [-0.3, -0.25) is 10.1 Å². The Morgan fingerprint density at radius 2 is 1.65 bits per heavy atom. The number of carbonyl (C=O) groups is 1. The molecule has 0 unspecified atom stereocenters. The Labute approximate surface area is 155 Å². The standard InChI is InChI=1S/C19H18N2O4S/c1-23-13-6-4-12(5-7-13)18(22)21-19-20-16(11-26-19)15-9-8-14(24-2)10-17(15)25-3/h4-11H,1-3H3,(H,20,21,22). The minimum atomic E-state index is -0.227. The summed E-state index contributed by atoms with van der Waals surface area (Å²) in [5, 5.41) is 5.19. The number of rotatable bonds is 6. The summed E-state index contributed by atoms with van der Waals surface area (Å²) in [6.07, 6.45) is 0. The molecule has 2 aromatic carbocycles. The molecule has 7 heteroatoms. The van der Waals surface area contributed by atoms with Crippen molar-refractivity contribution in [3.63, 3.8) is 0 Å². The van der Waals surface area contributed by atoms with Gasteiger partial charge in [-0.1, -0.05) is 0 Å². The van der Waals surface area contributed by atoms with E-state index in [4.69, 9.17) is 14.2 Å². The van der Waals surface area contributed by atoms with Crippen molar-refractivity contribution in [2.75, 3.05) is 26.6 Å². The molecule has 1 N–H and O–H groups in total. The highest BCUT2D eigenvalue weighted by atomic mass is 32.1. The van der Waals surface area contributed by atoms with E-state index in [0.717, 1.165) is 11.3 Å². The van der Waals surface area contributed by atoms with E-state index in [0.29, 0.717) is 27.9 Å². The highest BCUT2D eigenvalue weighted by molar-refractivity contribution is 7.14. The van der Waals surface area contributed by atoms with Crippen LogP contribution in [-0.2, 0) is 0 Å². The second-order valence-corrected chi connectivity index (χ2v) is 6.14. The average Bonchev–Trinajstić information content (AvgIpc) is 3.15. The fourth-order valence-corrected chi connectivity index (χ4v) is 3.08. The zero-order valence-corrected chi connectivity index (χ0v) is 15.4. The number of nitrogens with zero attached hydrogens (tertiary/aromatic N) is 1. The Bertz CT molecular complexity index is 906. The van der Waals surface area contributed by atoms with Gasteiger partial charge < -0.3 is 14.2 Å². The lowest BCUT2D eigenvalue weighted by Gasteiger charge is -2.08. The maximum atomic E-state index is 12.3. The number of thiazole rings is 1. The molecule has 0 aliphatic rings. The van der Waals surface area contributed by atoms with Crippen molar-refractivity contribution >= 4 is 22.4 Å². The lowest BCUT2D eigenvalue weighted by Crippen LogP contribution is -2.11. The number of anilines is 1. The molecular weight excluding hydrogens is 352 g/mol. The van der Waals surface area contributed by atoms with Gasteiger partial charge in [-0.2, -0.15) is 0 Å². The molecule has 0 aliphatic carbocycles. The number of methoxy groups -OCH3 is 3. The van der Waals surface area contributed by atoms with Crippen LogP contribution in [0.4, 0.5) is 5.13 Å². The summed E-state index contributed by atoms with van der Waals surface area (Å²) in [5.41, 5.74) is 2.08. The first kappa shape index (κ1) is 17.8. The van der Waals surface area contributed by atoms with E-state index < -0.39 is 0 Å². The van der Waals surface area contributed by atoms with Crippen LogP contribution in [0.2, 0.25) is 0 Å². The van der Waals surface area contributed by atoms with Crippen LogP contribution in [0.3, 0.4) is 0 Å². The monoisotopic (exact) mass is 370 g/mol. The van der Waals surface area contributed by atoms with Crippen LogP contribution in [0.15, 0.2) is 47.8 Å². The lowest BCUT2D eigenvalue weighted by molar-refractivity contribution is 0.102. The minimum Gasteiger partial charge on any atom is -0.497 e. The molecule has 26 heavy (non-hydrogen) atoms. The molecule has 0 bridgehead atoms. The van der Waals surface area contributed by atoms with Crippen LogP contribution < -0.4 is 19.5 Å². The molecule has 3 aromatic rings. The largest absolute Gasteiger partial charge is 0.497 e. The third kappa shape index (κ3) is 3.78. The predicted molar refractivity (Wildman–Crippen MR) is 102 cm³/mol. The van der Waals surface area contributed by atoms with E-state index in [2.05, 4.69) is 10.3 Å². The third-order valence-electron chi connectivity index (χ3n) is 3.76. The summed E-state index contributed by atoms with van der Waals surface area (Å²) in [7, 11) is 4.78. The fourth-order valence-electron chi connectivity index (χ4n) is 2.38. The number of carbonyl (C=O) groups excluding carboxylic acids is 1. The summed E-state index contributed by atoms with van der Waals surface area (Å²) in [4.78, 5) is 16.8. The first-order valence-corrected chi connectivity index (χ1v) is 8.66. The van der Waals surface area contributed by atoms with Crippen molar-refractivity contribution in [3.8, 4) is 28.5 Å². The highest BCUT2D eigenvalue weighted by Crippen LogP contribution is 2.34. The lowest BCUT2D eigenvalue weighted by atomic mass is 10.1. The molecule has 0 radical (unpaired) electrons. The Hall–Kier alpha value is -3.06. The zero-order chi connectivity index (χ0) is 18.5. The molecule has 1 amide bonds. The van der Waals surface area contributed by atoms with Crippen molar-refractivity contribution in [1.82, 2.24) is 4.98 Å². The number of aromatic nitrogens is 1. The smallest absolute Gasteiger partial charge is 0.257 e. The number of amides is 1. The predicted octanol–water partition coefficient (Wildman–Crippen LogP) is 4.09. The van der Waals surface area contributed by atoms with Gasteiger partial charge in [0.25, 0.3) is 5.91 Å². The van der Waals surface area contributed by atoms with Gasteiger partial charge in [0.2, 0.25) is 0 Å². The van der Waals surface area contributed by atoms with Gasteiger partial charge in [-0.25, -0.2) is 4.98 Å². The molecule has 0 atom stereocenters. The van der Waals surface area contributed by atoms with Crippen LogP contribution in [0.5, 0.6) is 17.2 Å². The molecule has 0 fully saturated rings. The summed E-state index contributed by atoms with van der Waals surface area (Å²) in [5.74, 6) is 1.83. The van der Waals surface area contributed by atoms with E-state index in [-0.39, 0.29) is 5.91 Å². The topological polar surface area (TPSA) is 69.7 Å². The van der Waals surface area contributed by atoms with Crippen molar-refractivity contribution in [2.45, 2.75) is 0 Å². The molecule has 0 aliphatic heterocycles. The van der Waals surface area contributed by atoms with Gasteiger partial charge in [0.15, 0.2) is 5.13 Å². The van der Waals surface area contributed by atoms with Crippen molar-refractivity contribution < 1.29 is 19.0 Å². The Morgan fingerprint density at radius 3 is 2.31 bits per heavy atom. The first-order chi connectivity index (χ1) is 12.6. The summed E-state index contributed by atoms with van der Waals surface area (Å²) >= 11 is 1.35. The second kappa shape index (κ2) is 7.88. The third-order valence-corrected chi connectivity index (χ3v) is 4.52. The summed E-state index contributed by atoms with van der Waals surface area (Å²) in [6.45, 7) is 0. The maximum Gasteiger partial charge on any atom is 0.257 e. The molecule has 1 aromatic heterocycles. The molecule has 3 rings (SSSR count). The molecule has 134 valence electrons. The SMILES string of the molecule is COc1ccc(C(=O)Nc2nc(-c3ccc(OC)cc3OC)cs2)cc1. The molecular formula is C19H18N2O4S. The van der Waals surface area contributed by atoms with Gasteiger partial charge >= 0.3 is 0 Å². The normalized spacial score (nSPS) is 10.3. The maximum absolute atomic E-state index is 12.3. The van der Waals surface area contributed by atoms with Crippen molar-refractivity contribution in [1.29, 1.82) is 0 Å². The van der Waals surface area contributed by atoms with E-state index >= 15 is 0 Å². The highest BCUT2D eigenvalue weighted by Gasteiger charge is 2.13. The van der Waals surface area contributed by atoms with E-state index in [9.17, 15) is 4.79 Å². The first-order valence-electron chi connectivity index (χ1n) is 7.78. The molecule has 6 nitrogen and oxygen atoms in total. The van der Waals surface area contributed by atoms with Crippen molar-refractivity contribution in [2.24, 2.45) is 0 Å². The number of hydrogen-bond donors (Lipinski definition) is 1. The number of ether oxygens (including phenoxy) is 3. The Morgan fingerprint density at radius 1 is 0.962 bits per heavy atom. The molecule has 0 saturated carbocycles. The van der Waals surface area contributed by atoms with Crippen LogP contribution in [0.25, 0.3) is 11.3 Å². The molecule has 0 saturated heterocycles. The van der Waals surface area contributed by atoms with Crippen LogP contribution >= 0.6 is 11.3 Å². The van der Waals surface area contributed by atoms with E-state index in [1.807, 2.05) is 17.5 Å². The Kier molecular flexibility index (Phi) is 5.38. The van der Waals surface area contributed by atoms with Crippen molar-refractivity contribution in [3.05, 3.63) is 53.4 Å². The second-order valence-electron chi connectivity index (χ2n) is 5.29. The van der Waals surface area contributed by atoms with Crippen LogP contribution in [0.1, 0.15) is 10.4 Å². The van der Waals surface area contributed by atoms with Crippen LogP contribution in [0, 0.1) is 0 Å². The van der Waals surface area contributed by atoms with Gasteiger partial charge in [0, 0.05) is 22.6 Å². The number of hydrogen-bond acceptors (Lipinski definition) is 6. The summed E-state index contributed by atoms with van der Waals surface area (Å²) < 4.78 is 15.7. The quantitative estimate of drug-likeness (QED) is 0.708. The molecule has 0 spiro atoms. The van der Waals surface area contributed by atoms with Gasteiger partial charge in [0.05, 0.1) is 27.0 Å². The molecule has 1 heterocycles. The zero-order valence-electron chi connectivity index (χ0n) is 14.6. The van der Waals surface area contributed by atoms with Gasteiger partial charge in [-0.05, 0) is 36.4 Å². The van der Waals surface area contributed by atoms with E-state index in [1.165, 1.54) is 11.3 Å². The van der Waals surface area contributed by atoms with Crippen LogP contribution in [-0.4, -0.2) is 32.2 Å². The minimum absolute atomic E-state index is 0.227. The van der Waals surface area contributed by atoms with Gasteiger partial charge in [0.1, 0.15) is 17.2 Å². The number of benzene rings is 2. The summed E-state index contributed by atoms with van der Waals surface area (Å²) in [6, 6.07) is 12.4. The van der Waals surface area contributed by atoms with Gasteiger partial charge in [-0.15, -0.1) is 11.3 Å². The Balaban J connectivity index is 1.78. The average molecular weight is 370 g/mol. The number of nitrogens with one attached hydrogen (secondary N) is 1. The fraction of sp³-hybridized carbons (Fsp3) is 0.158.